The first-order valence-electron chi connectivity index (χ1n) is 12.1. The van der Waals surface area contributed by atoms with Crippen molar-refractivity contribution < 1.29 is 12.4 Å². The zero-order chi connectivity index (χ0) is 23.0. The van der Waals surface area contributed by atoms with Gasteiger partial charge in [-0.3, -0.25) is 0 Å². The number of allylic oxidation sites excluding steroid dienone is 8. The zero-order valence-electron chi connectivity index (χ0n) is 21.0. The van der Waals surface area contributed by atoms with Crippen LogP contribution >= 0.6 is 18.6 Å². The van der Waals surface area contributed by atoms with Crippen LogP contribution in [0.3, 0.4) is 0 Å². The Hall–Kier alpha value is 0.471. The fourth-order valence-corrected chi connectivity index (χ4v) is 24.7. The molecule has 2 rings (SSSR count). The fourth-order valence-electron chi connectivity index (χ4n) is 5.44. The van der Waals surface area contributed by atoms with Crippen LogP contribution in [0.2, 0.25) is 21.5 Å². The standard InChI is InChI=1S/2C12H19.C2H7Si.2ClH.Ti/c2*1-9(2)7-11-5-6-12(8-11)10(3)4;1-3-2;;;/h2*5-6,8-10H,7H2,1-4H3;3H,1-2H3;2*1H;/q;;;;;+2/p-2. The van der Waals surface area contributed by atoms with E-state index in [4.69, 9.17) is 18.6 Å². The Labute approximate surface area is 196 Å². The third-order valence-corrected chi connectivity index (χ3v) is 42.5. The Balaban J connectivity index is 2.66. The first kappa shape index (κ1) is 26.7. The molecule has 171 valence electrons. The van der Waals surface area contributed by atoms with Gasteiger partial charge in [0.15, 0.2) is 0 Å². The molecule has 2 unspecified atom stereocenters. The van der Waals surface area contributed by atoms with E-state index in [0.717, 1.165) is 12.8 Å². The molecule has 0 radical (unpaired) electrons. The Morgan fingerprint density at radius 1 is 0.733 bits per heavy atom. The molecule has 0 spiro atoms. The van der Waals surface area contributed by atoms with Crippen molar-refractivity contribution in [2.24, 2.45) is 23.7 Å². The van der Waals surface area contributed by atoms with Gasteiger partial charge in [0.1, 0.15) is 0 Å². The summed E-state index contributed by atoms with van der Waals surface area (Å²) in [5.74, 6) is 2.26. The van der Waals surface area contributed by atoms with E-state index < -0.39 is 19.1 Å². The summed E-state index contributed by atoms with van der Waals surface area (Å²) < 4.78 is 0.542. The Kier molecular flexibility index (Phi) is 8.69. The zero-order valence-corrected chi connectivity index (χ0v) is 25.2. The summed E-state index contributed by atoms with van der Waals surface area (Å²) in [5.41, 5.74) is 5.93. The maximum absolute atomic E-state index is 8.07. The molecule has 0 nitrogen and oxygen atoms in total. The van der Waals surface area contributed by atoms with Gasteiger partial charge in [-0.2, -0.15) is 0 Å². The van der Waals surface area contributed by atoms with Gasteiger partial charge < -0.3 is 0 Å². The van der Waals surface area contributed by atoms with Gasteiger partial charge in [-0.25, -0.2) is 0 Å². The van der Waals surface area contributed by atoms with Crippen LogP contribution in [-0.2, 0) is 12.4 Å². The minimum absolute atomic E-state index is 0.271. The minimum atomic E-state index is -4.01. The van der Waals surface area contributed by atoms with Gasteiger partial charge in [-0.05, 0) is 0 Å². The van der Waals surface area contributed by atoms with Crippen LogP contribution in [0.1, 0.15) is 68.2 Å². The number of halogens is 2. The van der Waals surface area contributed by atoms with Crippen LogP contribution in [0.25, 0.3) is 0 Å². The summed E-state index contributed by atoms with van der Waals surface area (Å²) in [5, 5.41) is 0. The van der Waals surface area contributed by atoms with Crippen molar-refractivity contribution in [3.63, 3.8) is 0 Å². The van der Waals surface area contributed by atoms with Gasteiger partial charge in [-0.15, -0.1) is 0 Å². The number of hydrogen-bond donors (Lipinski definition) is 0. The molecule has 0 aromatic rings. The molecule has 0 aliphatic heterocycles. The summed E-state index contributed by atoms with van der Waals surface area (Å²) in [7, 11) is 16.1. The molecular formula is C26H45Cl2SiTi. The summed E-state index contributed by atoms with van der Waals surface area (Å²) in [6.45, 7) is 22.0. The second-order valence-corrected chi connectivity index (χ2v) is 41.0. The second kappa shape index (κ2) is 9.76. The maximum atomic E-state index is 8.07. The normalized spacial score (nSPS) is 24.0. The van der Waals surface area contributed by atoms with Gasteiger partial charge in [0.05, 0.1) is 0 Å². The average Bonchev–Trinajstić information content (AvgIpc) is 3.19. The van der Waals surface area contributed by atoms with E-state index in [1.165, 1.54) is 22.3 Å². The van der Waals surface area contributed by atoms with Crippen LogP contribution in [0.5, 0.6) is 0 Å². The molecule has 30 heavy (non-hydrogen) atoms. The van der Waals surface area contributed by atoms with Gasteiger partial charge in [0, 0.05) is 0 Å². The quantitative estimate of drug-likeness (QED) is 0.274. The van der Waals surface area contributed by atoms with Gasteiger partial charge in [-0.1, -0.05) is 0 Å². The van der Waals surface area contributed by atoms with Crippen molar-refractivity contribution in [2.45, 2.75) is 89.8 Å². The molecule has 0 heterocycles. The summed E-state index contributed by atoms with van der Waals surface area (Å²) in [4.78, 5) is 0. The molecule has 2 aliphatic rings. The van der Waals surface area contributed by atoms with E-state index in [1.807, 2.05) is 0 Å². The van der Waals surface area contributed by atoms with Gasteiger partial charge in [0.2, 0.25) is 0 Å². The molecular weight excluding hydrogens is 459 g/mol. The topological polar surface area (TPSA) is 0 Å². The molecule has 0 saturated carbocycles. The molecule has 0 aromatic heterocycles. The van der Waals surface area contributed by atoms with E-state index in [9.17, 15) is 0 Å². The van der Waals surface area contributed by atoms with Crippen LogP contribution in [0.4, 0.5) is 0 Å². The number of rotatable bonds is 9. The predicted molar refractivity (Wildman–Crippen MR) is 139 cm³/mol. The van der Waals surface area contributed by atoms with Crippen LogP contribution in [0, 0.1) is 23.7 Å². The second-order valence-electron chi connectivity index (χ2n) is 11.6. The first-order valence-corrected chi connectivity index (χ1v) is 23.8. The molecule has 0 aromatic carbocycles. The molecule has 2 aliphatic carbocycles. The molecule has 0 fully saturated rings. The van der Waals surface area contributed by atoms with E-state index in [1.54, 1.807) is 0 Å². The van der Waals surface area contributed by atoms with Crippen LogP contribution in [0.15, 0.2) is 46.6 Å². The Morgan fingerprint density at radius 2 is 1.07 bits per heavy atom. The van der Waals surface area contributed by atoms with E-state index in [0.29, 0.717) is 23.7 Å². The summed E-state index contributed by atoms with van der Waals surface area (Å²) >= 11 is -4.01. The van der Waals surface area contributed by atoms with Crippen molar-refractivity contribution in [3.05, 3.63) is 46.6 Å². The van der Waals surface area contributed by atoms with E-state index in [2.05, 4.69) is 92.8 Å². The van der Waals surface area contributed by atoms with E-state index >= 15 is 0 Å². The average molecular weight is 505 g/mol. The Morgan fingerprint density at radius 3 is 1.30 bits per heavy atom. The molecule has 0 N–H and O–H groups in total. The summed E-state index contributed by atoms with van der Waals surface area (Å²) in [6.07, 6.45) is 12.2. The Bertz CT molecular complexity index is 708. The predicted octanol–water partition coefficient (Wildman–Crippen LogP) is 9.68. The third kappa shape index (κ3) is 5.17. The summed E-state index contributed by atoms with van der Waals surface area (Å²) in [6, 6.07) is 0. The van der Waals surface area contributed by atoms with Crippen LogP contribution in [-0.4, -0.2) is 6.66 Å². The van der Waals surface area contributed by atoms with Crippen molar-refractivity contribution >= 4 is 25.3 Å². The molecule has 2 atom stereocenters. The van der Waals surface area contributed by atoms with E-state index in [-0.39, 0.29) is 8.45 Å². The molecule has 0 amide bonds. The monoisotopic (exact) mass is 503 g/mol. The fraction of sp³-hybridized carbons (Fsp3) is 0.692. The number of hydrogen-bond acceptors (Lipinski definition) is 0. The van der Waals surface area contributed by atoms with Crippen LogP contribution < -0.4 is 0 Å². The third-order valence-electron chi connectivity index (χ3n) is 7.10. The SMILES string of the molecule is CC(C)CC1=C[CH]([Ti]([Cl])([Cl])([CH]2C=C(CC(C)C)C=C2C(C)C)[SiH](C)C)C(C(C)C)=C1. The van der Waals surface area contributed by atoms with Crippen molar-refractivity contribution in [1.82, 2.24) is 0 Å². The molecule has 4 heteroatoms. The molecule has 0 bridgehead atoms. The molecule has 0 saturated heterocycles. The van der Waals surface area contributed by atoms with Crippen molar-refractivity contribution in [3.8, 4) is 0 Å². The first-order chi connectivity index (χ1) is 13.7. The van der Waals surface area contributed by atoms with Crippen molar-refractivity contribution in [1.29, 1.82) is 0 Å². The van der Waals surface area contributed by atoms with Gasteiger partial charge in [0.25, 0.3) is 0 Å². The van der Waals surface area contributed by atoms with Crippen molar-refractivity contribution in [2.75, 3.05) is 0 Å². The van der Waals surface area contributed by atoms with Gasteiger partial charge >= 0.3 is 198 Å².